The normalized spacial score (nSPS) is 22.8. The highest BCUT2D eigenvalue weighted by atomic mass is 35.5. The standard InChI is InChI=1S/C19H9Cl3N2O3S/c20-10-3-1-9(2-4-10)16-15(14-11(21)7-23-8-12(14)22)19(27-24-16)18(25)17-13(26-19)5-6-28-17/h1-8,15H. The second-order valence-corrected chi connectivity index (χ2v) is 8.40. The Morgan fingerprint density at radius 1 is 1.04 bits per heavy atom. The van der Waals surface area contributed by atoms with Crippen LogP contribution < -0.4 is 4.74 Å². The molecule has 9 heteroatoms. The molecule has 0 radical (unpaired) electrons. The third-order valence-electron chi connectivity index (χ3n) is 4.67. The number of pyridine rings is 1. The number of thiophene rings is 1. The fraction of sp³-hybridized carbons (Fsp3) is 0.105. The van der Waals surface area contributed by atoms with E-state index in [4.69, 9.17) is 44.4 Å². The molecule has 1 aromatic carbocycles. The number of nitrogens with zero attached hydrogens (tertiary/aromatic N) is 2. The lowest BCUT2D eigenvalue weighted by atomic mass is 9.82. The molecule has 2 aliphatic heterocycles. The third kappa shape index (κ3) is 2.49. The Balaban J connectivity index is 1.71. The molecule has 0 saturated carbocycles. The first-order chi connectivity index (χ1) is 13.5. The zero-order valence-electron chi connectivity index (χ0n) is 13.9. The van der Waals surface area contributed by atoms with Crippen molar-refractivity contribution in [3.05, 3.63) is 79.2 Å². The molecule has 2 unspecified atom stereocenters. The summed E-state index contributed by atoms with van der Waals surface area (Å²) in [7, 11) is 0. The second kappa shape index (κ2) is 6.46. The number of carbonyl (C=O) groups excluding carboxylic acids is 1. The van der Waals surface area contributed by atoms with Crippen LogP contribution in [0.25, 0.3) is 0 Å². The quantitative estimate of drug-likeness (QED) is 0.509. The van der Waals surface area contributed by atoms with Gasteiger partial charge in [0.05, 0.1) is 10.0 Å². The highest BCUT2D eigenvalue weighted by Gasteiger charge is 2.63. The minimum Gasteiger partial charge on any atom is -0.442 e. The van der Waals surface area contributed by atoms with Crippen molar-refractivity contribution in [1.82, 2.24) is 4.98 Å². The van der Waals surface area contributed by atoms with Gasteiger partial charge in [0.15, 0.2) is 0 Å². The van der Waals surface area contributed by atoms with Gasteiger partial charge in [0, 0.05) is 28.5 Å². The van der Waals surface area contributed by atoms with E-state index in [2.05, 4.69) is 10.1 Å². The average Bonchev–Trinajstić information content (AvgIpc) is 3.34. The molecule has 28 heavy (non-hydrogen) atoms. The third-order valence-corrected chi connectivity index (χ3v) is 6.41. The summed E-state index contributed by atoms with van der Waals surface area (Å²) in [5.41, 5.74) is 1.64. The topological polar surface area (TPSA) is 60.8 Å². The van der Waals surface area contributed by atoms with E-state index < -0.39 is 11.7 Å². The zero-order chi connectivity index (χ0) is 19.5. The average molecular weight is 452 g/mol. The first-order valence-electron chi connectivity index (χ1n) is 8.13. The van der Waals surface area contributed by atoms with E-state index in [9.17, 15) is 4.79 Å². The number of ether oxygens (including phenoxy) is 1. The second-order valence-electron chi connectivity index (χ2n) is 6.24. The van der Waals surface area contributed by atoms with Gasteiger partial charge in [-0.05, 0) is 23.6 Å². The lowest BCUT2D eigenvalue weighted by Gasteiger charge is -2.28. The molecule has 0 amide bonds. The lowest BCUT2D eigenvalue weighted by molar-refractivity contribution is -0.128. The molecule has 0 aliphatic carbocycles. The summed E-state index contributed by atoms with van der Waals surface area (Å²) in [6, 6.07) is 8.75. The monoisotopic (exact) mass is 450 g/mol. The van der Waals surface area contributed by atoms with Crippen LogP contribution in [0, 0.1) is 0 Å². The predicted molar refractivity (Wildman–Crippen MR) is 108 cm³/mol. The maximum absolute atomic E-state index is 13.3. The Morgan fingerprint density at radius 3 is 2.43 bits per heavy atom. The van der Waals surface area contributed by atoms with Crippen molar-refractivity contribution in [2.24, 2.45) is 5.16 Å². The van der Waals surface area contributed by atoms with Crippen LogP contribution in [0.3, 0.4) is 0 Å². The van der Waals surface area contributed by atoms with Gasteiger partial charge in [-0.1, -0.05) is 52.1 Å². The highest BCUT2D eigenvalue weighted by molar-refractivity contribution is 7.12. The van der Waals surface area contributed by atoms with E-state index in [1.54, 1.807) is 35.7 Å². The predicted octanol–water partition coefficient (Wildman–Crippen LogP) is 5.59. The first-order valence-corrected chi connectivity index (χ1v) is 10.1. The summed E-state index contributed by atoms with van der Waals surface area (Å²) in [5, 5.41) is 7.15. The van der Waals surface area contributed by atoms with Gasteiger partial charge in [0.2, 0.25) is 0 Å². The van der Waals surface area contributed by atoms with E-state index in [0.717, 1.165) is 0 Å². The Morgan fingerprint density at radius 2 is 1.75 bits per heavy atom. The number of hydrogen-bond acceptors (Lipinski definition) is 6. The molecule has 0 fully saturated rings. The highest BCUT2D eigenvalue weighted by Crippen LogP contribution is 2.52. The number of hydrogen-bond donors (Lipinski definition) is 0. The zero-order valence-corrected chi connectivity index (χ0v) is 16.9. The molecule has 0 bridgehead atoms. The van der Waals surface area contributed by atoms with Crippen LogP contribution in [0.15, 0.2) is 53.3 Å². The molecule has 1 spiro atoms. The van der Waals surface area contributed by atoms with Crippen molar-refractivity contribution in [2.45, 2.75) is 11.7 Å². The number of ketones is 1. The van der Waals surface area contributed by atoms with Crippen molar-refractivity contribution in [1.29, 1.82) is 0 Å². The Kier molecular flexibility index (Phi) is 4.14. The fourth-order valence-corrected chi connectivity index (χ4v) is 4.94. The van der Waals surface area contributed by atoms with Gasteiger partial charge in [-0.25, -0.2) is 0 Å². The Bertz CT molecular complexity index is 1130. The Labute approximate surface area is 178 Å². The van der Waals surface area contributed by atoms with Crippen LogP contribution in [0.5, 0.6) is 5.75 Å². The molecule has 140 valence electrons. The fourth-order valence-electron chi connectivity index (χ4n) is 3.43. The van der Waals surface area contributed by atoms with Gasteiger partial charge in [0.1, 0.15) is 22.3 Å². The van der Waals surface area contributed by atoms with Crippen molar-refractivity contribution >= 4 is 57.6 Å². The molecular weight excluding hydrogens is 443 g/mol. The number of benzene rings is 1. The van der Waals surface area contributed by atoms with Crippen LogP contribution in [-0.4, -0.2) is 22.3 Å². The van der Waals surface area contributed by atoms with Gasteiger partial charge in [-0.15, -0.1) is 11.3 Å². The van der Waals surface area contributed by atoms with E-state index in [0.29, 0.717) is 32.5 Å². The van der Waals surface area contributed by atoms with Crippen LogP contribution in [0.4, 0.5) is 0 Å². The number of fused-ring (bicyclic) bond motifs is 1. The van der Waals surface area contributed by atoms with Gasteiger partial charge in [-0.3, -0.25) is 9.78 Å². The number of oxime groups is 1. The summed E-state index contributed by atoms with van der Waals surface area (Å²) >= 11 is 20.2. The molecule has 3 aromatic rings. The van der Waals surface area contributed by atoms with Crippen LogP contribution in [0.2, 0.25) is 15.1 Å². The summed E-state index contributed by atoms with van der Waals surface area (Å²) in [4.78, 5) is 23.4. The number of Topliss-reactive ketones (excluding diaryl/α,β-unsaturated/α-hetero) is 1. The smallest absolute Gasteiger partial charge is 0.353 e. The summed E-state index contributed by atoms with van der Waals surface area (Å²) in [6.45, 7) is 0. The molecule has 2 atom stereocenters. The van der Waals surface area contributed by atoms with Gasteiger partial charge >= 0.3 is 5.79 Å². The number of aromatic nitrogens is 1. The van der Waals surface area contributed by atoms with Crippen LogP contribution in [0.1, 0.15) is 26.7 Å². The molecule has 0 N–H and O–H groups in total. The number of carbonyl (C=O) groups is 1. The van der Waals surface area contributed by atoms with Crippen molar-refractivity contribution in [3.63, 3.8) is 0 Å². The molecule has 2 aliphatic rings. The van der Waals surface area contributed by atoms with Gasteiger partial charge in [0.25, 0.3) is 5.78 Å². The largest absolute Gasteiger partial charge is 0.442 e. The molecule has 5 rings (SSSR count). The van der Waals surface area contributed by atoms with Gasteiger partial charge < -0.3 is 9.57 Å². The van der Waals surface area contributed by atoms with E-state index in [1.165, 1.54) is 23.7 Å². The summed E-state index contributed by atoms with van der Waals surface area (Å²) in [5.74, 6) is -2.36. The van der Waals surface area contributed by atoms with Crippen LogP contribution >= 0.6 is 46.1 Å². The van der Waals surface area contributed by atoms with E-state index in [1.807, 2.05) is 0 Å². The molecule has 4 heterocycles. The lowest BCUT2D eigenvalue weighted by Crippen LogP contribution is -2.47. The Hall–Kier alpha value is -2.12. The van der Waals surface area contributed by atoms with E-state index >= 15 is 0 Å². The summed E-state index contributed by atoms with van der Waals surface area (Å²) in [6.07, 6.45) is 2.92. The molecule has 0 saturated heterocycles. The summed E-state index contributed by atoms with van der Waals surface area (Å²) < 4.78 is 6.02. The molecule has 2 aromatic heterocycles. The maximum Gasteiger partial charge on any atom is 0.353 e. The minimum atomic E-state index is -1.70. The SMILES string of the molecule is O=C1c2sccc2OC12ON=C(c1ccc(Cl)cc1)C2c1c(Cl)cncc1Cl. The van der Waals surface area contributed by atoms with Crippen molar-refractivity contribution < 1.29 is 14.4 Å². The van der Waals surface area contributed by atoms with E-state index in [-0.39, 0.29) is 15.8 Å². The van der Waals surface area contributed by atoms with Crippen LogP contribution in [-0.2, 0) is 4.84 Å². The molecular formula is C19H9Cl3N2O3S. The number of rotatable bonds is 2. The van der Waals surface area contributed by atoms with Crippen molar-refractivity contribution in [3.8, 4) is 5.75 Å². The maximum atomic E-state index is 13.3. The first kappa shape index (κ1) is 17.9. The van der Waals surface area contributed by atoms with Crippen molar-refractivity contribution in [2.75, 3.05) is 0 Å². The molecule has 5 nitrogen and oxygen atoms in total. The minimum absolute atomic E-state index is 0.288. The van der Waals surface area contributed by atoms with Gasteiger partial charge in [-0.2, -0.15) is 0 Å². The number of halogens is 3.